The minimum absolute atomic E-state index is 0.429. The van der Waals surface area contributed by atoms with E-state index in [1.165, 1.54) is 4.90 Å². The number of ether oxygens (including phenoxy) is 1. The Kier molecular flexibility index (Phi) is 6.10. The molecule has 0 aromatic heterocycles. The maximum absolute atomic E-state index is 13.0. The van der Waals surface area contributed by atoms with Crippen molar-refractivity contribution >= 4 is 23.8 Å². The lowest BCUT2D eigenvalue weighted by atomic mass is 9.91. The van der Waals surface area contributed by atoms with Crippen LogP contribution in [-0.4, -0.2) is 54.3 Å². The maximum atomic E-state index is 13.0. The molecule has 1 aliphatic rings. The molecule has 162 valence electrons. The third-order valence-electron chi connectivity index (χ3n) is 5.21. The Hall–Kier alpha value is -3.68. The van der Waals surface area contributed by atoms with E-state index in [0.29, 0.717) is 11.1 Å². The number of rotatable bonds is 6. The van der Waals surface area contributed by atoms with Gasteiger partial charge in [-0.3, -0.25) is 19.3 Å². The topological polar surface area (TPSA) is 96.0 Å². The van der Waals surface area contributed by atoms with E-state index in [0.717, 1.165) is 10.5 Å². The van der Waals surface area contributed by atoms with Gasteiger partial charge in [-0.15, -0.1) is 0 Å². The summed E-state index contributed by atoms with van der Waals surface area (Å²) in [6.45, 7) is 2.91. The first-order valence-electron chi connectivity index (χ1n) is 9.80. The van der Waals surface area contributed by atoms with Crippen LogP contribution < -0.4 is 5.32 Å². The first-order valence-corrected chi connectivity index (χ1v) is 9.80. The van der Waals surface area contributed by atoms with Crippen molar-refractivity contribution in [2.75, 3.05) is 20.6 Å². The molecule has 0 spiro atoms. The predicted octanol–water partition coefficient (Wildman–Crippen LogP) is 2.13. The summed E-state index contributed by atoms with van der Waals surface area (Å²) >= 11 is 0. The van der Waals surface area contributed by atoms with Gasteiger partial charge < -0.3 is 15.0 Å². The Bertz CT molecular complexity index is 1000. The highest BCUT2D eigenvalue weighted by molar-refractivity contribution is 6.08. The Labute approximate surface area is 180 Å². The molecule has 2 aromatic rings. The number of nitrogens with zero attached hydrogens (tertiary/aromatic N) is 2. The second kappa shape index (κ2) is 8.59. The zero-order chi connectivity index (χ0) is 22.8. The van der Waals surface area contributed by atoms with Crippen LogP contribution in [0.2, 0.25) is 0 Å². The van der Waals surface area contributed by atoms with E-state index in [2.05, 4.69) is 5.32 Å². The van der Waals surface area contributed by atoms with Crippen LogP contribution in [0.4, 0.5) is 4.79 Å². The van der Waals surface area contributed by atoms with Crippen LogP contribution in [0.3, 0.4) is 0 Å². The van der Waals surface area contributed by atoms with E-state index in [-0.39, 0.29) is 0 Å². The summed E-state index contributed by atoms with van der Waals surface area (Å²) in [5.41, 5.74) is 0.833. The van der Waals surface area contributed by atoms with Gasteiger partial charge in [-0.1, -0.05) is 60.2 Å². The van der Waals surface area contributed by atoms with Crippen LogP contribution >= 0.6 is 0 Å². The Balaban J connectivity index is 1.77. The van der Waals surface area contributed by atoms with Crippen molar-refractivity contribution in [1.29, 1.82) is 0 Å². The first kappa shape index (κ1) is 22.0. The van der Waals surface area contributed by atoms with E-state index < -0.39 is 42.0 Å². The summed E-state index contributed by atoms with van der Waals surface area (Å²) < 4.78 is 5.40. The molecule has 0 saturated carbocycles. The van der Waals surface area contributed by atoms with Crippen LogP contribution in [0.1, 0.15) is 29.7 Å². The van der Waals surface area contributed by atoms with E-state index >= 15 is 0 Å². The van der Waals surface area contributed by atoms with Crippen molar-refractivity contribution < 1.29 is 23.9 Å². The molecule has 1 aliphatic heterocycles. The number of urea groups is 1. The van der Waals surface area contributed by atoms with Crippen LogP contribution in [0.15, 0.2) is 54.6 Å². The van der Waals surface area contributed by atoms with Gasteiger partial charge in [0, 0.05) is 19.7 Å². The lowest BCUT2D eigenvalue weighted by molar-refractivity contribution is -0.161. The molecule has 0 aliphatic carbocycles. The Morgan fingerprint density at radius 1 is 1.06 bits per heavy atom. The molecule has 0 bridgehead atoms. The van der Waals surface area contributed by atoms with Crippen LogP contribution in [0, 0.1) is 6.92 Å². The van der Waals surface area contributed by atoms with Gasteiger partial charge >= 0.3 is 12.0 Å². The normalized spacial score (nSPS) is 19.0. The van der Waals surface area contributed by atoms with Gasteiger partial charge in [-0.05, 0) is 19.4 Å². The molecule has 0 radical (unpaired) electrons. The summed E-state index contributed by atoms with van der Waals surface area (Å²) in [7, 11) is 3.10. The summed E-state index contributed by atoms with van der Waals surface area (Å²) in [5, 5.41) is 2.65. The van der Waals surface area contributed by atoms with Crippen molar-refractivity contribution in [1.82, 2.24) is 15.1 Å². The third kappa shape index (κ3) is 4.42. The molecule has 4 amide bonds. The minimum atomic E-state index is -1.29. The van der Waals surface area contributed by atoms with Gasteiger partial charge in [0.2, 0.25) is 6.10 Å². The van der Waals surface area contributed by atoms with Crippen molar-refractivity contribution in [3.63, 3.8) is 0 Å². The van der Waals surface area contributed by atoms with E-state index in [9.17, 15) is 19.2 Å². The number of hydrogen-bond donors (Lipinski definition) is 1. The van der Waals surface area contributed by atoms with Gasteiger partial charge in [-0.25, -0.2) is 4.79 Å². The van der Waals surface area contributed by atoms with Crippen molar-refractivity contribution in [3.05, 3.63) is 71.3 Å². The van der Waals surface area contributed by atoms with Crippen LogP contribution in [0.25, 0.3) is 0 Å². The minimum Gasteiger partial charge on any atom is -0.446 e. The molecule has 1 N–H and O–H groups in total. The zero-order valence-corrected chi connectivity index (χ0v) is 17.9. The van der Waals surface area contributed by atoms with Crippen molar-refractivity contribution in [2.45, 2.75) is 25.5 Å². The number of nitrogens with one attached hydrogen (secondary N) is 1. The molecule has 2 aromatic carbocycles. The van der Waals surface area contributed by atoms with E-state index in [4.69, 9.17) is 4.74 Å². The molecule has 1 saturated heterocycles. The monoisotopic (exact) mass is 423 g/mol. The molecule has 1 heterocycles. The van der Waals surface area contributed by atoms with Gasteiger partial charge in [0.05, 0.1) is 0 Å². The zero-order valence-electron chi connectivity index (χ0n) is 17.9. The summed E-state index contributed by atoms with van der Waals surface area (Å²) in [6, 6.07) is 15.1. The molecule has 1 fully saturated rings. The maximum Gasteiger partial charge on any atom is 0.327 e. The second-order valence-electron chi connectivity index (χ2n) is 7.83. The Morgan fingerprint density at radius 3 is 2.26 bits per heavy atom. The predicted molar refractivity (Wildman–Crippen MR) is 113 cm³/mol. The molecule has 31 heavy (non-hydrogen) atoms. The molecular formula is C23H25N3O5. The standard InChI is InChI=1S/C23H25N3O5/c1-15-10-12-17(13-11-15)23(2)21(29)26(22(30)24-23)14-18(27)31-19(20(28)25(3)4)16-8-6-5-7-9-16/h5-13,19H,14H2,1-4H3,(H,24,30)/t19-,23-/m1/s1. The summed E-state index contributed by atoms with van der Waals surface area (Å²) in [6.07, 6.45) is -1.17. The second-order valence-corrected chi connectivity index (χ2v) is 7.83. The highest BCUT2D eigenvalue weighted by atomic mass is 16.5. The fourth-order valence-corrected chi connectivity index (χ4v) is 3.34. The van der Waals surface area contributed by atoms with Gasteiger partial charge in [0.25, 0.3) is 11.8 Å². The third-order valence-corrected chi connectivity index (χ3v) is 5.21. The number of likely N-dealkylation sites (N-methyl/N-ethyl adjacent to an activating group) is 1. The molecule has 0 unspecified atom stereocenters. The highest BCUT2D eigenvalue weighted by Gasteiger charge is 2.49. The largest absolute Gasteiger partial charge is 0.446 e. The van der Waals surface area contributed by atoms with E-state index in [1.54, 1.807) is 63.5 Å². The van der Waals surface area contributed by atoms with Gasteiger partial charge in [0.1, 0.15) is 12.1 Å². The fourth-order valence-electron chi connectivity index (χ4n) is 3.34. The molecule has 8 heteroatoms. The Morgan fingerprint density at radius 2 is 1.68 bits per heavy atom. The van der Waals surface area contributed by atoms with Crippen molar-refractivity contribution in [2.24, 2.45) is 0 Å². The SMILES string of the molecule is Cc1ccc([C@@]2(C)NC(=O)N(CC(=O)O[C@@H](C(=O)N(C)C)c3ccccc3)C2=O)cc1. The average Bonchev–Trinajstić information content (AvgIpc) is 2.96. The van der Waals surface area contributed by atoms with E-state index in [1.807, 2.05) is 19.1 Å². The number of esters is 1. The molecule has 3 rings (SSSR count). The first-order chi connectivity index (χ1) is 14.6. The lowest BCUT2D eigenvalue weighted by Gasteiger charge is -2.23. The highest BCUT2D eigenvalue weighted by Crippen LogP contribution is 2.29. The summed E-state index contributed by atoms with van der Waals surface area (Å²) in [4.78, 5) is 52.8. The smallest absolute Gasteiger partial charge is 0.327 e. The number of hydrogen-bond acceptors (Lipinski definition) is 5. The van der Waals surface area contributed by atoms with Crippen LogP contribution in [0.5, 0.6) is 0 Å². The molecule has 2 atom stereocenters. The molecule has 8 nitrogen and oxygen atoms in total. The number of aryl methyl sites for hydroxylation is 1. The average molecular weight is 423 g/mol. The number of amides is 4. The number of imide groups is 1. The summed E-state index contributed by atoms with van der Waals surface area (Å²) in [5.74, 6) is -1.85. The van der Waals surface area contributed by atoms with Gasteiger partial charge in [-0.2, -0.15) is 0 Å². The van der Waals surface area contributed by atoms with Crippen LogP contribution in [-0.2, 0) is 24.7 Å². The fraction of sp³-hybridized carbons (Fsp3) is 0.304. The number of carbonyl (C=O) groups is 4. The number of carbonyl (C=O) groups excluding carboxylic acids is 4. The van der Waals surface area contributed by atoms with Crippen molar-refractivity contribution in [3.8, 4) is 0 Å². The number of benzene rings is 2. The van der Waals surface area contributed by atoms with Gasteiger partial charge in [0.15, 0.2) is 0 Å². The lowest BCUT2D eigenvalue weighted by Crippen LogP contribution is -2.42. The molecular weight excluding hydrogens is 398 g/mol. The quantitative estimate of drug-likeness (QED) is 0.567.